The molecule has 3 aromatic rings. The fraction of sp³-hybridized carbons (Fsp3) is 0.0909. The second-order valence-electron chi connectivity index (χ2n) is 6.41. The molecule has 4 rings (SSSR count). The van der Waals surface area contributed by atoms with Crippen LogP contribution in [0.5, 0.6) is 5.75 Å². The summed E-state index contributed by atoms with van der Waals surface area (Å²) in [6.07, 6.45) is 1.66. The third kappa shape index (κ3) is 3.20. The number of hydrogen-bond donors (Lipinski definition) is 1. The standard InChI is InChI=1S/C22H17FN2O3/c1-28-20-11-8-15(17-4-2-3-5-18(17)20)12-19-21(26)25(22(27)24-19)13-14-6-9-16(23)10-7-14/h2-12H,13H2,1H3,(H,24,27)/b19-12+. The minimum atomic E-state index is -0.501. The molecule has 0 saturated carbocycles. The number of nitrogens with one attached hydrogen (secondary N) is 1. The van der Waals surface area contributed by atoms with Crippen molar-refractivity contribution < 1.29 is 18.7 Å². The van der Waals surface area contributed by atoms with Gasteiger partial charge < -0.3 is 10.1 Å². The molecule has 0 aromatic heterocycles. The Morgan fingerprint density at radius 1 is 1.00 bits per heavy atom. The molecule has 140 valence electrons. The van der Waals surface area contributed by atoms with E-state index in [1.54, 1.807) is 25.3 Å². The number of halogens is 1. The fourth-order valence-electron chi connectivity index (χ4n) is 3.24. The highest BCUT2D eigenvalue weighted by atomic mass is 19.1. The smallest absolute Gasteiger partial charge is 0.329 e. The number of nitrogens with zero attached hydrogens (tertiary/aromatic N) is 1. The van der Waals surface area contributed by atoms with Crippen LogP contribution in [0.3, 0.4) is 0 Å². The molecule has 1 aliphatic heterocycles. The van der Waals surface area contributed by atoms with Gasteiger partial charge in [-0.25, -0.2) is 9.18 Å². The van der Waals surface area contributed by atoms with Crippen LogP contribution in [0, 0.1) is 5.82 Å². The normalized spacial score (nSPS) is 15.4. The molecule has 5 nitrogen and oxygen atoms in total. The summed E-state index contributed by atoms with van der Waals surface area (Å²) >= 11 is 0. The van der Waals surface area contributed by atoms with Crippen molar-refractivity contribution >= 4 is 28.8 Å². The van der Waals surface area contributed by atoms with Gasteiger partial charge in [0.1, 0.15) is 17.3 Å². The van der Waals surface area contributed by atoms with Crippen molar-refractivity contribution in [3.05, 3.63) is 83.3 Å². The second kappa shape index (κ2) is 7.15. The summed E-state index contributed by atoms with van der Waals surface area (Å²) < 4.78 is 18.5. The van der Waals surface area contributed by atoms with Gasteiger partial charge >= 0.3 is 6.03 Å². The maximum atomic E-state index is 13.1. The fourth-order valence-corrected chi connectivity index (χ4v) is 3.24. The first-order valence-corrected chi connectivity index (χ1v) is 8.71. The molecule has 1 fully saturated rings. The zero-order chi connectivity index (χ0) is 19.7. The highest BCUT2D eigenvalue weighted by molar-refractivity contribution is 6.14. The van der Waals surface area contributed by atoms with Crippen molar-refractivity contribution in [3.8, 4) is 5.75 Å². The van der Waals surface area contributed by atoms with Crippen molar-refractivity contribution in [2.45, 2.75) is 6.54 Å². The number of fused-ring (bicyclic) bond motifs is 1. The van der Waals surface area contributed by atoms with E-state index in [1.807, 2.05) is 36.4 Å². The summed E-state index contributed by atoms with van der Waals surface area (Å²) in [7, 11) is 1.61. The lowest BCUT2D eigenvalue weighted by atomic mass is 10.0. The molecule has 0 atom stereocenters. The van der Waals surface area contributed by atoms with Gasteiger partial charge in [-0.2, -0.15) is 0 Å². The van der Waals surface area contributed by atoms with Crippen molar-refractivity contribution in [3.63, 3.8) is 0 Å². The summed E-state index contributed by atoms with van der Waals surface area (Å²) in [6, 6.07) is 16.6. The Bertz CT molecular complexity index is 1110. The van der Waals surface area contributed by atoms with Crippen molar-refractivity contribution in [1.82, 2.24) is 10.2 Å². The Balaban J connectivity index is 1.66. The van der Waals surface area contributed by atoms with E-state index in [1.165, 1.54) is 12.1 Å². The monoisotopic (exact) mass is 376 g/mol. The van der Waals surface area contributed by atoms with Crippen LogP contribution in [-0.2, 0) is 11.3 Å². The Morgan fingerprint density at radius 2 is 1.71 bits per heavy atom. The molecule has 3 amide bonds. The number of amides is 3. The molecule has 0 aliphatic carbocycles. The van der Waals surface area contributed by atoms with Crippen LogP contribution in [-0.4, -0.2) is 23.9 Å². The summed E-state index contributed by atoms with van der Waals surface area (Å²) in [5, 5.41) is 4.45. The maximum Gasteiger partial charge on any atom is 0.329 e. The zero-order valence-corrected chi connectivity index (χ0v) is 15.1. The highest BCUT2D eigenvalue weighted by Gasteiger charge is 2.33. The molecule has 0 unspecified atom stereocenters. The molecule has 1 heterocycles. The SMILES string of the molecule is COc1ccc(/C=C2/NC(=O)N(Cc3ccc(F)cc3)C2=O)c2ccccc12. The molecule has 0 radical (unpaired) electrons. The van der Waals surface area contributed by atoms with Crippen LogP contribution in [0.15, 0.2) is 66.4 Å². The number of urea groups is 1. The van der Waals surface area contributed by atoms with E-state index >= 15 is 0 Å². The molecule has 3 aromatic carbocycles. The Labute approximate surface area is 161 Å². The van der Waals surface area contributed by atoms with E-state index in [2.05, 4.69) is 5.32 Å². The van der Waals surface area contributed by atoms with Crippen LogP contribution in [0.4, 0.5) is 9.18 Å². The Morgan fingerprint density at radius 3 is 2.43 bits per heavy atom. The Hall–Kier alpha value is -3.67. The van der Waals surface area contributed by atoms with Gasteiger partial charge in [0.2, 0.25) is 0 Å². The summed E-state index contributed by atoms with van der Waals surface area (Å²) in [5.41, 5.74) is 1.66. The molecule has 1 saturated heterocycles. The predicted molar refractivity (Wildman–Crippen MR) is 104 cm³/mol. The highest BCUT2D eigenvalue weighted by Crippen LogP contribution is 2.30. The Kier molecular flexibility index (Phi) is 4.53. The summed E-state index contributed by atoms with van der Waals surface area (Å²) in [6.45, 7) is 0.0750. The maximum absolute atomic E-state index is 13.1. The topological polar surface area (TPSA) is 58.6 Å². The van der Waals surface area contributed by atoms with E-state index < -0.39 is 11.9 Å². The number of carbonyl (C=O) groups excluding carboxylic acids is 2. The van der Waals surface area contributed by atoms with Crippen LogP contribution < -0.4 is 10.1 Å². The van der Waals surface area contributed by atoms with Gasteiger partial charge in [-0.15, -0.1) is 0 Å². The van der Waals surface area contributed by atoms with Crippen LogP contribution in [0.25, 0.3) is 16.8 Å². The molecule has 0 bridgehead atoms. The predicted octanol–water partition coefficient (Wildman–Crippen LogP) is 4.08. The molecule has 1 aliphatic rings. The van der Waals surface area contributed by atoms with Crippen molar-refractivity contribution in [1.29, 1.82) is 0 Å². The van der Waals surface area contributed by atoms with Gasteiger partial charge in [-0.3, -0.25) is 9.69 Å². The molecular formula is C22H17FN2O3. The third-order valence-corrected chi connectivity index (χ3v) is 4.65. The van der Waals surface area contributed by atoms with Crippen LogP contribution >= 0.6 is 0 Å². The third-order valence-electron chi connectivity index (χ3n) is 4.65. The number of methoxy groups -OCH3 is 1. The lowest BCUT2D eigenvalue weighted by Crippen LogP contribution is -2.30. The van der Waals surface area contributed by atoms with Crippen LogP contribution in [0.2, 0.25) is 0 Å². The van der Waals surface area contributed by atoms with Crippen LogP contribution in [0.1, 0.15) is 11.1 Å². The average molecular weight is 376 g/mol. The van der Waals surface area contributed by atoms with E-state index in [4.69, 9.17) is 4.74 Å². The van der Waals surface area contributed by atoms with Gasteiger partial charge in [-0.05, 0) is 40.8 Å². The van der Waals surface area contributed by atoms with Gasteiger partial charge in [0, 0.05) is 5.39 Å². The average Bonchev–Trinajstić information content (AvgIpc) is 2.97. The molecule has 0 spiro atoms. The number of rotatable bonds is 4. The second-order valence-corrected chi connectivity index (χ2v) is 6.41. The minimum Gasteiger partial charge on any atom is -0.496 e. The minimum absolute atomic E-state index is 0.0750. The number of ether oxygens (including phenoxy) is 1. The van der Waals surface area contributed by atoms with E-state index in [0.717, 1.165) is 27.0 Å². The van der Waals surface area contributed by atoms with Gasteiger partial charge in [-0.1, -0.05) is 42.5 Å². The quantitative estimate of drug-likeness (QED) is 0.551. The van der Waals surface area contributed by atoms with E-state index in [-0.39, 0.29) is 18.1 Å². The van der Waals surface area contributed by atoms with E-state index in [9.17, 15) is 14.0 Å². The van der Waals surface area contributed by atoms with Gasteiger partial charge in [0.15, 0.2) is 0 Å². The summed E-state index contributed by atoms with van der Waals surface area (Å²) in [4.78, 5) is 26.1. The van der Waals surface area contributed by atoms with E-state index in [0.29, 0.717) is 5.56 Å². The number of carbonyl (C=O) groups is 2. The van der Waals surface area contributed by atoms with Crippen molar-refractivity contribution in [2.24, 2.45) is 0 Å². The summed E-state index contributed by atoms with van der Waals surface area (Å²) in [5.74, 6) is -0.0559. The lowest BCUT2D eigenvalue weighted by molar-refractivity contribution is -0.123. The largest absolute Gasteiger partial charge is 0.496 e. The lowest BCUT2D eigenvalue weighted by Gasteiger charge is -2.11. The first-order valence-electron chi connectivity index (χ1n) is 8.71. The zero-order valence-electron chi connectivity index (χ0n) is 15.1. The number of hydrogen-bond acceptors (Lipinski definition) is 3. The number of benzene rings is 3. The van der Waals surface area contributed by atoms with Crippen molar-refractivity contribution in [2.75, 3.05) is 7.11 Å². The van der Waals surface area contributed by atoms with Gasteiger partial charge in [0.05, 0.1) is 13.7 Å². The number of imide groups is 1. The molecule has 6 heteroatoms. The molecular weight excluding hydrogens is 359 g/mol. The van der Waals surface area contributed by atoms with Gasteiger partial charge in [0.25, 0.3) is 5.91 Å². The first kappa shape index (κ1) is 17.7. The molecule has 28 heavy (non-hydrogen) atoms. The molecule has 1 N–H and O–H groups in total. The first-order chi connectivity index (χ1) is 13.6.